The molecule has 1 atom stereocenters. The van der Waals surface area contributed by atoms with E-state index in [0.717, 1.165) is 31.1 Å². The summed E-state index contributed by atoms with van der Waals surface area (Å²) in [5, 5.41) is 6.78. The molecule has 0 aliphatic heterocycles. The first-order chi connectivity index (χ1) is 11.5. The second kappa shape index (κ2) is 10.3. The quantitative estimate of drug-likeness (QED) is 0.362. The summed E-state index contributed by atoms with van der Waals surface area (Å²) in [4.78, 5) is 4.30. The van der Waals surface area contributed by atoms with Crippen molar-refractivity contribution in [3.8, 4) is 0 Å². The molecule has 0 saturated heterocycles. The van der Waals surface area contributed by atoms with Gasteiger partial charge >= 0.3 is 0 Å². The van der Waals surface area contributed by atoms with E-state index in [-0.39, 0.29) is 35.8 Å². The van der Waals surface area contributed by atoms with Crippen LogP contribution in [0, 0.1) is 18.2 Å². The van der Waals surface area contributed by atoms with E-state index in [1.807, 2.05) is 19.1 Å². The Morgan fingerprint density at radius 3 is 2.64 bits per heavy atom. The van der Waals surface area contributed by atoms with E-state index < -0.39 is 0 Å². The Labute approximate surface area is 168 Å². The lowest BCUT2D eigenvalue weighted by Crippen LogP contribution is -2.47. The van der Waals surface area contributed by atoms with E-state index in [2.05, 4.69) is 15.6 Å². The number of halogens is 2. The van der Waals surface area contributed by atoms with E-state index >= 15 is 0 Å². The third kappa shape index (κ3) is 6.09. The molecule has 0 heterocycles. The zero-order valence-corrected chi connectivity index (χ0v) is 18.0. The fourth-order valence-electron chi connectivity index (χ4n) is 3.14. The number of aryl methyl sites for hydroxylation is 1. The summed E-state index contributed by atoms with van der Waals surface area (Å²) >= 11 is 0. The van der Waals surface area contributed by atoms with Gasteiger partial charge in [0.25, 0.3) is 0 Å². The zero-order valence-electron chi connectivity index (χ0n) is 15.7. The van der Waals surface area contributed by atoms with Gasteiger partial charge in [0.1, 0.15) is 5.82 Å². The predicted octanol–water partition coefficient (Wildman–Crippen LogP) is 4.18. The van der Waals surface area contributed by atoms with Crippen LogP contribution < -0.4 is 10.6 Å². The summed E-state index contributed by atoms with van der Waals surface area (Å²) in [7, 11) is 3.52. The van der Waals surface area contributed by atoms with Crippen molar-refractivity contribution in [2.24, 2.45) is 10.4 Å². The number of ether oxygens (including phenoxy) is 1. The summed E-state index contributed by atoms with van der Waals surface area (Å²) in [5.74, 6) is 0.587. The topological polar surface area (TPSA) is 45.7 Å². The molecule has 0 aromatic heterocycles. The van der Waals surface area contributed by atoms with Crippen LogP contribution in [0.3, 0.4) is 0 Å². The van der Waals surface area contributed by atoms with Crippen LogP contribution >= 0.6 is 24.0 Å². The molecule has 0 bridgehead atoms. The highest BCUT2D eigenvalue weighted by molar-refractivity contribution is 14.0. The van der Waals surface area contributed by atoms with Gasteiger partial charge in [-0.25, -0.2) is 4.39 Å². The average molecular weight is 463 g/mol. The zero-order chi connectivity index (χ0) is 17.6. The summed E-state index contributed by atoms with van der Waals surface area (Å²) in [6, 6.07) is 5.34. The number of benzene rings is 1. The van der Waals surface area contributed by atoms with E-state index in [1.165, 1.54) is 19.3 Å². The molecule has 1 aliphatic carbocycles. The first kappa shape index (κ1) is 22.2. The molecule has 25 heavy (non-hydrogen) atoms. The summed E-state index contributed by atoms with van der Waals surface area (Å²) in [6.45, 7) is 5.48. The normalized spacial score (nSPS) is 17.2. The Kier molecular flexibility index (Phi) is 9.13. The third-order valence-electron chi connectivity index (χ3n) is 5.15. The van der Waals surface area contributed by atoms with Gasteiger partial charge in [0.15, 0.2) is 5.96 Å². The Bertz CT molecular complexity index is 576. The lowest BCUT2D eigenvalue weighted by atomic mass is 9.67. The molecular weight excluding hydrogens is 432 g/mol. The summed E-state index contributed by atoms with van der Waals surface area (Å²) in [5.41, 5.74) is 1.91. The molecule has 1 aromatic rings. The number of hydrogen-bond donors (Lipinski definition) is 2. The fraction of sp³-hybridized carbons (Fsp3) is 0.632. The molecule has 1 unspecified atom stereocenters. The highest BCUT2D eigenvalue weighted by Gasteiger charge is 2.36. The molecule has 1 saturated carbocycles. The molecule has 1 aliphatic rings. The average Bonchev–Trinajstić information content (AvgIpc) is 2.54. The lowest BCUT2D eigenvalue weighted by Gasteiger charge is -2.42. The highest BCUT2D eigenvalue weighted by atomic mass is 127. The van der Waals surface area contributed by atoms with Gasteiger partial charge in [-0.05, 0) is 55.7 Å². The fourth-order valence-corrected chi connectivity index (χ4v) is 3.14. The molecule has 0 amide bonds. The van der Waals surface area contributed by atoms with Gasteiger partial charge in [0.05, 0.1) is 6.04 Å². The summed E-state index contributed by atoms with van der Waals surface area (Å²) in [6.07, 6.45) is 4.83. The molecule has 142 valence electrons. The van der Waals surface area contributed by atoms with Gasteiger partial charge in [-0.2, -0.15) is 0 Å². The van der Waals surface area contributed by atoms with E-state index in [0.29, 0.717) is 11.0 Å². The number of guanidine groups is 1. The molecule has 0 spiro atoms. The van der Waals surface area contributed by atoms with Gasteiger partial charge in [-0.3, -0.25) is 4.99 Å². The monoisotopic (exact) mass is 463 g/mol. The SMILES string of the molecule is CN=C(NCC1(CCOC)CCC1)NC(C)c1ccc(C)c(F)c1.I. The second-order valence-electron chi connectivity index (χ2n) is 6.90. The maximum Gasteiger partial charge on any atom is 0.191 e. The van der Waals surface area contributed by atoms with Crippen LogP contribution in [-0.2, 0) is 4.74 Å². The number of nitrogens with zero attached hydrogens (tertiary/aromatic N) is 1. The number of hydrogen-bond acceptors (Lipinski definition) is 2. The van der Waals surface area contributed by atoms with Crippen LogP contribution in [0.2, 0.25) is 0 Å². The van der Waals surface area contributed by atoms with Crippen LogP contribution in [0.1, 0.15) is 49.8 Å². The smallest absolute Gasteiger partial charge is 0.191 e. The van der Waals surface area contributed by atoms with Crippen LogP contribution in [0.5, 0.6) is 0 Å². The van der Waals surface area contributed by atoms with Crippen LogP contribution in [0.15, 0.2) is 23.2 Å². The van der Waals surface area contributed by atoms with E-state index in [4.69, 9.17) is 4.74 Å². The van der Waals surface area contributed by atoms with Gasteiger partial charge in [-0.1, -0.05) is 18.6 Å². The molecule has 0 radical (unpaired) electrons. The Balaban J connectivity index is 0.00000312. The van der Waals surface area contributed by atoms with Crippen molar-refractivity contribution in [2.45, 2.75) is 45.6 Å². The van der Waals surface area contributed by atoms with Crippen LogP contribution in [-0.4, -0.2) is 33.3 Å². The number of aliphatic imine (C=N–C) groups is 1. The van der Waals surface area contributed by atoms with Crippen molar-refractivity contribution in [1.29, 1.82) is 0 Å². The van der Waals surface area contributed by atoms with Gasteiger partial charge in [-0.15, -0.1) is 24.0 Å². The summed E-state index contributed by atoms with van der Waals surface area (Å²) < 4.78 is 19.0. The van der Waals surface area contributed by atoms with Crippen molar-refractivity contribution in [2.75, 3.05) is 27.3 Å². The largest absolute Gasteiger partial charge is 0.385 e. The second-order valence-corrected chi connectivity index (χ2v) is 6.90. The number of nitrogens with one attached hydrogen (secondary N) is 2. The molecule has 6 heteroatoms. The maximum atomic E-state index is 13.7. The van der Waals surface area contributed by atoms with Crippen molar-refractivity contribution in [1.82, 2.24) is 10.6 Å². The van der Waals surface area contributed by atoms with Crippen LogP contribution in [0.25, 0.3) is 0 Å². The number of rotatable bonds is 7. The molecule has 1 fully saturated rings. The van der Waals surface area contributed by atoms with Crippen molar-refractivity contribution in [3.05, 3.63) is 35.1 Å². The molecular formula is C19H31FIN3O. The van der Waals surface area contributed by atoms with Crippen molar-refractivity contribution >= 4 is 29.9 Å². The minimum Gasteiger partial charge on any atom is -0.385 e. The highest BCUT2D eigenvalue weighted by Crippen LogP contribution is 2.43. The van der Waals surface area contributed by atoms with Crippen molar-refractivity contribution < 1.29 is 9.13 Å². The Morgan fingerprint density at radius 1 is 1.40 bits per heavy atom. The first-order valence-electron chi connectivity index (χ1n) is 8.72. The minimum atomic E-state index is -0.169. The van der Waals surface area contributed by atoms with Gasteiger partial charge in [0.2, 0.25) is 0 Å². The molecule has 4 nitrogen and oxygen atoms in total. The maximum absolute atomic E-state index is 13.7. The van der Waals surface area contributed by atoms with Crippen LogP contribution in [0.4, 0.5) is 4.39 Å². The molecule has 1 aromatic carbocycles. The Hall–Kier alpha value is -0.890. The van der Waals surface area contributed by atoms with Gasteiger partial charge < -0.3 is 15.4 Å². The Morgan fingerprint density at radius 2 is 2.12 bits per heavy atom. The molecule has 2 N–H and O–H groups in total. The van der Waals surface area contributed by atoms with E-state index in [1.54, 1.807) is 27.1 Å². The van der Waals surface area contributed by atoms with Crippen molar-refractivity contribution in [3.63, 3.8) is 0 Å². The first-order valence-corrected chi connectivity index (χ1v) is 8.72. The third-order valence-corrected chi connectivity index (χ3v) is 5.15. The van der Waals surface area contributed by atoms with E-state index in [9.17, 15) is 4.39 Å². The van der Waals surface area contributed by atoms with Gasteiger partial charge in [0, 0.05) is 27.3 Å². The standard InChI is InChI=1S/C19H30FN3O.HI/c1-14-6-7-16(12-17(14)20)15(2)23-18(21-3)22-13-19(8-5-9-19)10-11-24-4;/h6-7,12,15H,5,8-11,13H2,1-4H3,(H2,21,22,23);1H. The minimum absolute atomic E-state index is 0. The molecule has 2 rings (SSSR count). The number of methoxy groups -OCH3 is 1. The predicted molar refractivity (Wildman–Crippen MR) is 112 cm³/mol. The lowest BCUT2D eigenvalue weighted by molar-refractivity contribution is 0.0732.